The predicted molar refractivity (Wildman–Crippen MR) is 67.9 cm³/mol. The monoisotopic (exact) mass is 278 g/mol. The maximum atomic E-state index is 10.3. The maximum absolute atomic E-state index is 10.3. The van der Waals surface area contributed by atoms with E-state index in [1.807, 2.05) is 0 Å². The third-order valence-electron chi connectivity index (χ3n) is 1.52. The van der Waals surface area contributed by atoms with Gasteiger partial charge in [0, 0.05) is 0 Å². The molecule has 6 nitrogen and oxygen atoms in total. The molecule has 0 bridgehead atoms. The molecule has 0 N–H and O–H groups in total. The second-order valence-corrected chi connectivity index (χ2v) is 3.61. The molecule has 0 aromatic heterocycles. The van der Waals surface area contributed by atoms with Crippen LogP contribution in [0, 0.1) is 0 Å². The standard InChI is InChI=1S/C6H4O2.2C4H6O2/c7-5-1-2-6(8)4-3-5;2*1-3(2)4(5)6/h1-4H;2*1H2,2H3,(H,5,6)/p-2. The van der Waals surface area contributed by atoms with Crippen molar-refractivity contribution in [2.75, 3.05) is 0 Å². The van der Waals surface area contributed by atoms with E-state index in [1.54, 1.807) is 0 Å². The minimum atomic E-state index is -1.19. The molecule has 0 atom stereocenters. The number of hydrogen-bond acceptors (Lipinski definition) is 6. The van der Waals surface area contributed by atoms with Gasteiger partial charge in [-0.3, -0.25) is 9.59 Å². The van der Waals surface area contributed by atoms with Crippen molar-refractivity contribution >= 4 is 23.5 Å². The number of carbonyl (C=O) groups excluding carboxylic acids is 4. The van der Waals surface area contributed by atoms with E-state index in [2.05, 4.69) is 13.2 Å². The highest BCUT2D eigenvalue weighted by Gasteiger charge is 1.97. The molecular weight excluding hydrogens is 264 g/mol. The number of aliphatic carboxylic acids is 2. The Bertz CT molecular complexity index is 408. The summed E-state index contributed by atoms with van der Waals surface area (Å²) >= 11 is 0. The van der Waals surface area contributed by atoms with Gasteiger partial charge in [-0.25, -0.2) is 0 Å². The lowest BCUT2D eigenvalue weighted by molar-refractivity contribution is -0.300. The van der Waals surface area contributed by atoms with Crippen molar-refractivity contribution in [3.8, 4) is 0 Å². The van der Waals surface area contributed by atoms with Crippen molar-refractivity contribution in [2.24, 2.45) is 0 Å². The molecule has 0 heterocycles. The summed E-state index contributed by atoms with van der Waals surface area (Å²) in [7, 11) is 0. The van der Waals surface area contributed by atoms with Gasteiger partial charge in [0.25, 0.3) is 0 Å². The smallest absolute Gasteiger partial charge is 0.178 e. The predicted octanol–water partition coefficient (Wildman–Crippen LogP) is -1.12. The average molecular weight is 278 g/mol. The number of hydrogen-bond donors (Lipinski definition) is 0. The third-order valence-corrected chi connectivity index (χ3v) is 1.52. The van der Waals surface area contributed by atoms with Crippen molar-refractivity contribution in [1.29, 1.82) is 0 Å². The van der Waals surface area contributed by atoms with Crippen LogP contribution in [-0.2, 0) is 19.2 Å². The largest absolute Gasteiger partial charge is 0.545 e. The van der Waals surface area contributed by atoms with E-state index in [9.17, 15) is 29.4 Å². The maximum Gasteiger partial charge on any atom is 0.178 e. The highest BCUT2D eigenvalue weighted by Crippen LogP contribution is 1.90. The van der Waals surface area contributed by atoms with Crippen LogP contribution in [0.3, 0.4) is 0 Å². The highest BCUT2D eigenvalue weighted by atomic mass is 16.4. The molecule has 108 valence electrons. The first-order valence-electron chi connectivity index (χ1n) is 5.25. The normalized spacial score (nSPS) is 11.5. The van der Waals surface area contributed by atoms with E-state index >= 15 is 0 Å². The lowest BCUT2D eigenvalue weighted by atomic mass is 10.2. The van der Waals surface area contributed by atoms with E-state index in [-0.39, 0.29) is 22.7 Å². The lowest BCUT2D eigenvalue weighted by Gasteiger charge is -1.93. The number of ketones is 2. The molecule has 0 saturated heterocycles. The molecule has 0 spiro atoms. The van der Waals surface area contributed by atoms with Crippen LogP contribution in [0.4, 0.5) is 0 Å². The molecule has 0 amide bonds. The summed E-state index contributed by atoms with van der Waals surface area (Å²) < 4.78 is 0. The van der Waals surface area contributed by atoms with Gasteiger partial charge in [0.1, 0.15) is 0 Å². The second-order valence-electron chi connectivity index (χ2n) is 3.61. The number of carboxylic acids is 2. The van der Waals surface area contributed by atoms with Gasteiger partial charge in [0.2, 0.25) is 0 Å². The van der Waals surface area contributed by atoms with Crippen LogP contribution >= 0.6 is 0 Å². The molecule has 1 aliphatic carbocycles. The fourth-order valence-electron chi connectivity index (χ4n) is 0.440. The number of carboxylic acid groups (broad SMARTS) is 2. The first-order chi connectivity index (χ1) is 9.07. The van der Waals surface area contributed by atoms with Crippen molar-refractivity contribution in [3.05, 3.63) is 48.6 Å². The fourth-order valence-corrected chi connectivity index (χ4v) is 0.440. The third kappa shape index (κ3) is 13.3. The molecule has 20 heavy (non-hydrogen) atoms. The number of allylic oxidation sites excluding steroid dienone is 4. The van der Waals surface area contributed by atoms with E-state index in [0.29, 0.717) is 0 Å². The molecule has 6 heteroatoms. The molecule has 0 fully saturated rings. The zero-order valence-corrected chi connectivity index (χ0v) is 11.2. The fraction of sp³-hybridized carbons (Fsp3) is 0.143. The van der Waals surface area contributed by atoms with Crippen molar-refractivity contribution < 1.29 is 29.4 Å². The minimum absolute atomic E-state index is 0.0648. The van der Waals surface area contributed by atoms with Crippen LogP contribution in [0.1, 0.15) is 13.8 Å². The van der Waals surface area contributed by atoms with Gasteiger partial charge in [-0.05, 0) is 49.3 Å². The lowest BCUT2D eigenvalue weighted by Crippen LogP contribution is -2.22. The molecule has 0 aromatic rings. The summed E-state index contributed by atoms with van der Waals surface area (Å²) in [5, 5.41) is 19.0. The van der Waals surface area contributed by atoms with Gasteiger partial charge in [0.15, 0.2) is 11.6 Å². The zero-order chi connectivity index (χ0) is 16.3. The Hall–Kier alpha value is -2.76. The SMILES string of the molecule is C=C(C)C(=O)[O-].C=C(C)C(=O)[O-].O=C1C=CC(=O)C=C1. The van der Waals surface area contributed by atoms with E-state index in [1.165, 1.54) is 38.2 Å². The van der Waals surface area contributed by atoms with Gasteiger partial charge < -0.3 is 19.8 Å². The quantitative estimate of drug-likeness (QED) is 0.466. The Labute approximate surface area is 116 Å². The number of rotatable bonds is 2. The summed E-state index contributed by atoms with van der Waals surface area (Å²) in [5.74, 6) is -2.61. The van der Waals surface area contributed by atoms with Gasteiger partial charge in [0.05, 0.1) is 11.9 Å². The summed E-state index contributed by atoms with van der Waals surface area (Å²) in [5.41, 5.74) is 0.130. The Balaban J connectivity index is 0. The Morgan fingerprint density at radius 3 is 1.05 bits per heavy atom. The number of carbonyl (C=O) groups is 4. The van der Waals surface area contributed by atoms with Gasteiger partial charge >= 0.3 is 0 Å². The molecule has 0 unspecified atom stereocenters. The van der Waals surface area contributed by atoms with Crippen LogP contribution in [0.2, 0.25) is 0 Å². The minimum Gasteiger partial charge on any atom is -0.545 e. The van der Waals surface area contributed by atoms with Crippen LogP contribution in [0.5, 0.6) is 0 Å². The molecule has 0 aromatic carbocycles. The van der Waals surface area contributed by atoms with Gasteiger partial charge in [-0.1, -0.05) is 13.2 Å². The summed E-state index contributed by atoms with van der Waals surface area (Å²) in [6.07, 6.45) is 5.01. The Morgan fingerprint density at radius 1 is 0.800 bits per heavy atom. The topological polar surface area (TPSA) is 114 Å². The first kappa shape index (κ1) is 19.6. The Morgan fingerprint density at radius 2 is 0.950 bits per heavy atom. The van der Waals surface area contributed by atoms with Crippen molar-refractivity contribution in [1.82, 2.24) is 0 Å². The van der Waals surface area contributed by atoms with E-state index in [4.69, 9.17) is 0 Å². The molecule has 0 saturated carbocycles. The van der Waals surface area contributed by atoms with Crippen LogP contribution in [0.25, 0.3) is 0 Å². The van der Waals surface area contributed by atoms with Gasteiger partial charge in [-0.15, -0.1) is 0 Å². The van der Waals surface area contributed by atoms with E-state index in [0.717, 1.165) is 0 Å². The van der Waals surface area contributed by atoms with Crippen molar-refractivity contribution in [2.45, 2.75) is 13.8 Å². The van der Waals surface area contributed by atoms with Crippen LogP contribution in [0.15, 0.2) is 48.6 Å². The summed E-state index contributed by atoms with van der Waals surface area (Å²) in [6, 6.07) is 0. The molecule has 1 rings (SSSR count). The molecule has 0 aliphatic heterocycles. The summed E-state index contributed by atoms with van der Waals surface area (Å²) in [4.78, 5) is 39.5. The zero-order valence-electron chi connectivity index (χ0n) is 11.2. The average Bonchev–Trinajstić information content (AvgIpc) is 2.34. The summed E-state index contributed by atoms with van der Waals surface area (Å²) in [6.45, 7) is 8.95. The van der Waals surface area contributed by atoms with E-state index < -0.39 is 11.9 Å². The molecule has 1 aliphatic rings. The van der Waals surface area contributed by atoms with Gasteiger partial charge in [-0.2, -0.15) is 0 Å². The van der Waals surface area contributed by atoms with Crippen LogP contribution in [-0.4, -0.2) is 23.5 Å². The Kier molecular flexibility index (Phi) is 9.97. The first-order valence-corrected chi connectivity index (χ1v) is 5.25. The molecular formula is C14H14O6-2. The highest BCUT2D eigenvalue weighted by molar-refractivity contribution is 6.14. The van der Waals surface area contributed by atoms with Crippen molar-refractivity contribution in [3.63, 3.8) is 0 Å². The molecule has 0 radical (unpaired) electrons. The van der Waals surface area contributed by atoms with Crippen LogP contribution < -0.4 is 10.2 Å². The second kappa shape index (κ2) is 10.2.